The highest BCUT2D eigenvalue weighted by molar-refractivity contribution is 7.99. The molecule has 3 rings (SSSR count). The van der Waals surface area contributed by atoms with E-state index in [1.165, 1.54) is 16.5 Å². The highest BCUT2D eigenvalue weighted by Crippen LogP contribution is 2.28. The molecule has 0 aliphatic heterocycles. The van der Waals surface area contributed by atoms with Gasteiger partial charge in [-0.2, -0.15) is 0 Å². The van der Waals surface area contributed by atoms with Gasteiger partial charge in [0.15, 0.2) is 5.13 Å². The number of esters is 1. The van der Waals surface area contributed by atoms with E-state index in [9.17, 15) is 9.59 Å². The molecule has 3 aromatic rings. The smallest absolute Gasteiger partial charge is 0.350 e. The summed E-state index contributed by atoms with van der Waals surface area (Å²) >= 11 is 2.70. The van der Waals surface area contributed by atoms with Gasteiger partial charge >= 0.3 is 5.97 Å². The number of anilines is 1. The summed E-state index contributed by atoms with van der Waals surface area (Å²) in [6.07, 6.45) is 0.116. The van der Waals surface area contributed by atoms with Crippen LogP contribution in [0.2, 0.25) is 0 Å². The second kappa shape index (κ2) is 9.78. The summed E-state index contributed by atoms with van der Waals surface area (Å²) in [4.78, 5) is 33.9. The summed E-state index contributed by atoms with van der Waals surface area (Å²) < 4.78 is 5.21. The average Bonchev–Trinajstić information content (AvgIpc) is 3.02. The maximum atomic E-state index is 12.3. The Kier molecular flexibility index (Phi) is 7.33. The Balaban J connectivity index is 1.59. The zero-order chi connectivity index (χ0) is 22.7. The van der Waals surface area contributed by atoms with Gasteiger partial charge < -0.3 is 10.1 Å². The van der Waals surface area contributed by atoms with Crippen LogP contribution in [-0.2, 0) is 9.53 Å². The van der Waals surface area contributed by atoms with Crippen molar-refractivity contribution in [3.63, 3.8) is 0 Å². The van der Waals surface area contributed by atoms with E-state index in [0.717, 1.165) is 27.4 Å². The normalized spacial score (nSPS) is 11.2. The molecule has 0 saturated heterocycles. The molecule has 1 aromatic carbocycles. The van der Waals surface area contributed by atoms with Crippen LogP contribution in [0.25, 0.3) is 10.9 Å². The largest absolute Gasteiger partial charge is 0.459 e. The summed E-state index contributed by atoms with van der Waals surface area (Å²) in [5.74, 6) is 0.0417. The maximum Gasteiger partial charge on any atom is 0.350 e. The van der Waals surface area contributed by atoms with Crippen LogP contribution in [0.3, 0.4) is 0 Å². The Hall–Kier alpha value is -2.45. The minimum absolute atomic E-state index is 0.144. The first-order chi connectivity index (χ1) is 14.6. The van der Waals surface area contributed by atoms with Crippen molar-refractivity contribution in [3.05, 3.63) is 45.5 Å². The molecule has 164 valence electrons. The summed E-state index contributed by atoms with van der Waals surface area (Å²) in [6, 6.07) is 6.37. The molecule has 8 heteroatoms. The number of hydrogen-bond donors (Lipinski definition) is 1. The zero-order valence-corrected chi connectivity index (χ0v) is 20.3. The van der Waals surface area contributed by atoms with Gasteiger partial charge in [0.2, 0.25) is 5.91 Å². The minimum atomic E-state index is -0.413. The van der Waals surface area contributed by atoms with Crippen LogP contribution in [0.4, 0.5) is 5.13 Å². The van der Waals surface area contributed by atoms with E-state index in [2.05, 4.69) is 49.3 Å². The molecule has 1 amide bonds. The van der Waals surface area contributed by atoms with Crippen molar-refractivity contribution in [2.75, 3.05) is 11.1 Å². The predicted molar refractivity (Wildman–Crippen MR) is 127 cm³/mol. The topological polar surface area (TPSA) is 81.2 Å². The number of fused-ring (bicyclic) bond motifs is 1. The van der Waals surface area contributed by atoms with Gasteiger partial charge in [-0.1, -0.05) is 23.0 Å². The molecule has 31 heavy (non-hydrogen) atoms. The third kappa shape index (κ3) is 5.83. The van der Waals surface area contributed by atoms with E-state index < -0.39 is 5.97 Å². The van der Waals surface area contributed by atoms with Gasteiger partial charge in [0.25, 0.3) is 0 Å². The lowest BCUT2D eigenvalue weighted by Gasteiger charge is -2.09. The van der Waals surface area contributed by atoms with E-state index in [-0.39, 0.29) is 12.0 Å². The number of nitrogens with one attached hydrogen (secondary N) is 1. The van der Waals surface area contributed by atoms with Crippen molar-refractivity contribution >= 4 is 51.0 Å². The number of rotatable bonds is 7. The standard InChI is InChI=1S/C23H27N3O3S2/c1-12(2)29-22(28)21-16(6)24-23(31-21)25-18(27)7-8-30-19-11-14(4)17-10-13(3)9-15(5)20(17)26-19/h9-12H,7-8H2,1-6H3,(H,24,25,27). The molecule has 0 fully saturated rings. The quantitative estimate of drug-likeness (QED) is 0.367. The van der Waals surface area contributed by atoms with Gasteiger partial charge in [-0.3, -0.25) is 4.79 Å². The molecule has 0 spiro atoms. The molecule has 0 aliphatic rings. The number of thioether (sulfide) groups is 1. The molecule has 0 atom stereocenters. The fourth-order valence-corrected chi connectivity index (χ4v) is 5.00. The molecule has 0 unspecified atom stereocenters. The van der Waals surface area contributed by atoms with Crippen LogP contribution >= 0.6 is 23.1 Å². The zero-order valence-electron chi connectivity index (χ0n) is 18.7. The number of thiazole rings is 1. The van der Waals surface area contributed by atoms with Crippen molar-refractivity contribution in [1.82, 2.24) is 9.97 Å². The SMILES string of the molecule is Cc1cc(C)c2nc(SCCC(=O)Nc3nc(C)c(C(=O)OC(C)C)s3)cc(C)c2c1. The van der Waals surface area contributed by atoms with Crippen molar-refractivity contribution in [1.29, 1.82) is 0 Å². The molecule has 0 aliphatic carbocycles. The minimum Gasteiger partial charge on any atom is -0.459 e. The molecule has 1 N–H and O–H groups in total. The fourth-order valence-electron chi connectivity index (χ4n) is 3.23. The molecular weight excluding hydrogens is 430 g/mol. The van der Waals surface area contributed by atoms with Crippen LogP contribution < -0.4 is 5.32 Å². The molecule has 6 nitrogen and oxygen atoms in total. The van der Waals surface area contributed by atoms with E-state index in [1.807, 2.05) is 0 Å². The Bertz CT molecular complexity index is 1140. The van der Waals surface area contributed by atoms with Gasteiger partial charge in [-0.05, 0) is 64.8 Å². The number of carbonyl (C=O) groups is 2. The Labute approximate surface area is 190 Å². The molecule has 0 saturated carbocycles. The number of aromatic nitrogens is 2. The molecule has 2 heterocycles. The fraction of sp³-hybridized carbons (Fsp3) is 0.391. The Morgan fingerprint density at radius 3 is 2.55 bits per heavy atom. The second-order valence-corrected chi connectivity index (χ2v) is 9.90. The molecule has 0 radical (unpaired) electrons. The lowest BCUT2D eigenvalue weighted by atomic mass is 10.0. The number of carbonyl (C=O) groups excluding carboxylic acids is 2. The lowest BCUT2D eigenvalue weighted by molar-refractivity contribution is -0.115. The third-order valence-corrected chi connectivity index (χ3v) is 6.55. The predicted octanol–water partition coefficient (Wildman–Crippen LogP) is 5.61. The molecular formula is C23H27N3O3S2. The van der Waals surface area contributed by atoms with Gasteiger partial charge in [0, 0.05) is 17.6 Å². The average molecular weight is 458 g/mol. The first-order valence-corrected chi connectivity index (χ1v) is 11.9. The monoisotopic (exact) mass is 457 g/mol. The van der Waals surface area contributed by atoms with Crippen LogP contribution in [0.15, 0.2) is 23.2 Å². The van der Waals surface area contributed by atoms with E-state index in [4.69, 9.17) is 9.72 Å². The highest BCUT2D eigenvalue weighted by atomic mass is 32.2. The summed E-state index contributed by atoms with van der Waals surface area (Å²) in [6.45, 7) is 11.6. The number of benzene rings is 1. The van der Waals surface area contributed by atoms with Crippen LogP contribution in [0.5, 0.6) is 0 Å². The summed E-state index contributed by atoms with van der Waals surface area (Å²) in [5, 5.41) is 5.27. The van der Waals surface area contributed by atoms with Crippen molar-refractivity contribution in [2.45, 2.75) is 59.1 Å². The van der Waals surface area contributed by atoms with Crippen molar-refractivity contribution < 1.29 is 14.3 Å². The van der Waals surface area contributed by atoms with Gasteiger partial charge in [-0.15, -0.1) is 11.8 Å². The number of amides is 1. The summed E-state index contributed by atoms with van der Waals surface area (Å²) in [5.41, 5.74) is 5.13. The van der Waals surface area contributed by atoms with Gasteiger partial charge in [-0.25, -0.2) is 14.8 Å². The molecule has 2 aromatic heterocycles. The number of aryl methyl sites for hydroxylation is 4. The van der Waals surface area contributed by atoms with E-state index in [0.29, 0.717) is 27.9 Å². The highest BCUT2D eigenvalue weighted by Gasteiger charge is 2.19. The number of nitrogens with zero attached hydrogens (tertiary/aromatic N) is 2. The van der Waals surface area contributed by atoms with Gasteiger partial charge in [0.05, 0.1) is 22.3 Å². The Morgan fingerprint density at radius 2 is 1.84 bits per heavy atom. The summed E-state index contributed by atoms with van der Waals surface area (Å²) in [7, 11) is 0. The van der Waals surface area contributed by atoms with Crippen molar-refractivity contribution in [2.24, 2.45) is 0 Å². The second-order valence-electron chi connectivity index (χ2n) is 7.79. The molecule has 0 bridgehead atoms. The van der Waals surface area contributed by atoms with E-state index >= 15 is 0 Å². The van der Waals surface area contributed by atoms with Crippen LogP contribution in [0.1, 0.15) is 52.3 Å². The van der Waals surface area contributed by atoms with Gasteiger partial charge in [0.1, 0.15) is 4.88 Å². The van der Waals surface area contributed by atoms with E-state index in [1.54, 1.807) is 32.5 Å². The Morgan fingerprint density at radius 1 is 1.10 bits per heavy atom. The van der Waals surface area contributed by atoms with Crippen LogP contribution in [0, 0.1) is 27.7 Å². The van der Waals surface area contributed by atoms with Crippen molar-refractivity contribution in [3.8, 4) is 0 Å². The third-order valence-electron chi connectivity index (χ3n) is 4.58. The number of ether oxygens (including phenoxy) is 1. The number of pyridine rings is 1. The lowest BCUT2D eigenvalue weighted by Crippen LogP contribution is -2.12. The van der Waals surface area contributed by atoms with Crippen LogP contribution in [-0.4, -0.2) is 33.7 Å². The maximum absolute atomic E-state index is 12.3. The number of hydrogen-bond acceptors (Lipinski definition) is 7. The first-order valence-electron chi connectivity index (χ1n) is 10.1. The first kappa shape index (κ1) is 23.2.